The Morgan fingerprint density at radius 2 is 1.90 bits per heavy atom. The number of methoxy groups -OCH3 is 1. The first-order valence-electron chi connectivity index (χ1n) is 6.35. The third-order valence-corrected chi connectivity index (χ3v) is 2.83. The molecule has 0 unspecified atom stereocenters. The molecule has 2 aromatic carbocycles. The maximum absolute atomic E-state index is 12.5. The van der Waals surface area contributed by atoms with Gasteiger partial charge in [-0.25, -0.2) is 8.78 Å². The van der Waals surface area contributed by atoms with Gasteiger partial charge >= 0.3 is 0 Å². The highest BCUT2D eigenvalue weighted by Crippen LogP contribution is 2.18. The maximum Gasteiger partial charge on any atom is 0.263 e. The number of nitrogens with zero attached hydrogens (tertiary/aromatic N) is 1. The Bertz CT molecular complexity index is 597. The van der Waals surface area contributed by atoms with Crippen molar-refractivity contribution in [3.63, 3.8) is 0 Å². The van der Waals surface area contributed by atoms with E-state index in [9.17, 15) is 8.78 Å². The van der Waals surface area contributed by atoms with Crippen LogP contribution in [-0.2, 0) is 11.4 Å². The van der Waals surface area contributed by atoms with Crippen LogP contribution in [0.4, 0.5) is 8.78 Å². The van der Waals surface area contributed by atoms with Crippen LogP contribution < -0.4 is 4.74 Å². The monoisotopic (exact) mass is 291 g/mol. The fourth-order valence-corrected chi connectivity index (χ4v) is 1.71. The molecule has 0 heterocycles. The van der Waals surface area contributed by atoms with Crippen LogP contribution in [-0.4, -0.2) is 13.3 Å². The Morgan fingerprint density at radius 3 is 2.57 bits per heavy atom. The Morgan fingerprint density at radius 1 is 1.14 bits per heavy atom. The number of ether oxygens (including phenoxy) is 1. The van der Waals surface area contributed by atoms with Gasteiger partial charge in [0, 0.05) is 5.56 Å². The minimum atomic E-state index is -2.49. The second-order valence-electron chi connectivity index (χ2n) is 4.33. The summed E-state index contributed by atoms with van der Waals surface area (Å²) in [4.78, 5) is 5.14. The fourth-order valence-electron chi connectivity index (χ4n) is 1.71. The van der Waals surface area contributed by atoms with E-state index in [2.05, 4.69) is 5.16 Å². The van der Waals surface area contributed by atoms with Crippen molar-refractivity contribution in [1.82, 2.24) is 0 Å². The van der Waals surface area contributed by atoms with Crippen molar-refractivity contribution < 1.29 is 18.4 Å². The SMILES string of the molecule is COc1ccc(CON=Cc2cccc(C(F)F)c2)cc1. The topological polar surface area (TPSA) is 30.8 Å². The Labute approximate surface area is 121 Å². The van der Waals surface area contributed by atoms with E-state index in [1.54, 1.807) is 19.2 Å². The van der Waals surface area contributed by atoms with E-state index in [1.807, 2.05) is 24.3 Å². The zero-order valence-corrected chi connectivity index (χ0v) is 11.5. The van der Waals surface area contributed by atoms with Gasteiger partial charge in [-0.15, -0.1) is 0 Å². The number of hydrogen-bond acceptors (Lipinski definition) is 3. The smallest absolute Gasteiger partial charge is 0.263 e. The van der Waals surface area contributed by atoms with Crippen LogP contribution in [0, 0.1) is 0 Å². The van der Waals surface area contributed by atoms with Crippen LogP contribution in [0.1, 0.15) is 23.1 Å². The maximum atomic E-state index is 12.5. The number of halogens is 2. The van der Waals surface area contributed by atoms with E-state index in [4.69, 9.17) is 9.57 Å². The lowest BCUT2D eigenvalue weighted by molar-refractivity contribution is 0.132. The highest BCUT2D eigenvalue weighted by Gasteiger charge is 2.05. The lowest BCUT2D eigenvalue weighted by atomic mass is 10.1. The largest absolute Gasteiger partial charge is 0.497 e. The summed E-state index contributed by atoms with van der Waals surface area (Å²) < 4.78 is 30.1. The van der Waals surface area contributed by atoms with E-state index < -0.39 is 6.43 Å². The summed E-state index contributed by atoms with van der Waals surface area (Å²) in [5.41, 5.74) is 1.48. The van der Waals surface area contributed by atoms with Crippen LogP contribution in [0.3, 0.4) is 0 Å². The van der Waals surface area contributed by atoms with Gasteiger partial charge in [0.05, 0.1) is 13.3 Å². The molecule has 2 rings (SSSR count). The zero-order chi connectivity index (χ0) is 15.1. The van der Waals surface area contributed by atoms with E-state index >= 15 is 0 Å². The van der Waals surface area contributed by atoms with Gasteiger partial charge < -0.3 is 9.57 Å². The first-order valence-corrected chi connectivity index (χ1v) is 6.35. The molecule has 0 saturated heterocycles. The molecule has 0 aliphatic rings. The van der Waals surface area contributed by atoms with Gasteiger partial charge in [0.1, 0.15) is 12.4 Å². The second-order valence-corrected chi connectivity index (χ2v) is 4.33. The first kappa shape index (κ1) is 15.0. The third-order valence-electron chi connectivity index (χ3n) is 2.83. The minimum Gasteiger partial charge on any atom is -0.497 e. The predicted molar refractivity (Wildman–Crippen MR) is 76.8 cm³/mol. The van der Waals surface area contributed by atoms with E-state index in [-0.39, 0.29) is 5.56 Å². The molecule has 0 atom stereocenters. The van der Waals surface area contributed by atoms with Crippen LogP contribution >= 0.6 is 0 Å². The molecule has 2 aromatic rings. The molecule has 0 radical (unpaired) electrons. The predicted octanol–water partition coefficient (Wildman–Crippen LogP) is 4.18. The number of alkyl halides is 2. The van der Waals surface area contributed by atoms with Gasteiger partial charge in [-0.3, -0.25) is 0 Å². The highest BCUT2D eigenvalue weighted by molar-refractivity contribution is 5.79. The second kappa shape index (κ2) is 7.38. The van der Waals surface area contributed by atoms with Gasteiger partial charge in [-0.05, 0) is 29.3 Å². The molecule has 0 amide bonds. The number of benzene rings is 2. The molecular formula is C16H15F2NO2. The summed E-state index contributed by atoms with van der Waals surface area (Å²) in [7, 11) is 1.60. The molecular weight excluding hydrogens is 276 g/mol. The Balaban J connectivity index is 1.88. The Hall–Kier alpha value is -2.43. The van der Waals surface area contributed by atoms with E-state index in [0.29, 0.717) is 12.2 Å². The summed E-state index contributed by atoms with van der Waals surface area (Å²) in [5, 5.41) is 3.78. The van der Waals surface area contributed by atoms with E-state index in [0.717, 1.165) is 11.3 Å². The molecule has 0 aliphatic heterocycles. The fraction of sp³-hybridized carbons (Fsp3) is 0.188. The lowest BCUT2D eigenvalue weighted by Gasteiger charge is -2.02. The molecule has 0 fully saturated rings. The van der Waals surface area contributed by atoms with Crippen molar-refractivity contribution in [2.75, 3.05) is 7.11 Å². The molecule has 0 bridgehead atoms. The zero-order valence-electron chi connectivity index (χ0n) is 11.5. The van der Waals surface area contributed by atoms with E-state index in [1.165, 1.54) is 18.3 Å². The molecule has 3 nitrogen and oxygen atoms in total. The van der Waals surface area contributed by atoms with Crippen LogP contribution in [0.2, 0.25) is 0 Å². The number of hydrogen-bond donors (Lipinski definition) is 0. The quantitative estimate of drug-likeness (QED) is 0.590. The van der Waals surface area contributed by atoms with Crippen LogP contribution in [0.5, 0.6) is 5.75 Å². The normalized spacial score (nSPS) is 11.0. The average Bonchev–Trinajstić information content (AvgIpc) is 2.52. The van der Waals surface area contributed by atoms with Gasteiger partial charge in [0.2, 0.25) is 0 Å². The molecule has 0 N–H and O–H groups in total. The molecule has 0 aliphatic carbocycles. The standard InChI is InChI=1S/C16H15F2NO2/c1-20-15-7-5-12(6-8-15)11-21-19-10-13-3-2-4-14(9-13)16(17)18/h2-10,16H,11H2,1H3. The summed E-state index contributed by atoms with van der Waals surface area (Å²) in [6, 6.07) is 13.4. The van der Waals surface area contributed by atoms with Crippen LogP contribution in [0.15, 0.2) is 53.7 Å². The highest BCUT2D eigenvalue weighted by atomic mass is 19.3. The van der Waals surface area contributed by atoms with Gasteiger partial charge in [-0.1, -0.05) is 35.5 Å². The summed E-state index contributed by atoms with van der Waals surface area (Å²) in [6.45, 7) is 0.301. The minimum absolute atomic E-state index is 0.0332. The third kappa shape index (κ3) is 4.56. The number of rotatable bonds is 6. The van der Waals surface area contributed by atoms with Gasteiger partial charge in [0.15, 0.2) is 0 Å². The molecule has 0 spiro atoms. The van der Waals surface area contributed by atoms with Crippen LogP contribution in [0.25, 0.3) is 0 Å². The van der Waals surface area contributed by atoms with Crippen molar-refractivity contribution in [3.05, 3.63) is 65.2 Å². The average molecular weight is 291 g/mol. The molecule has 0 saturated carbocycles. The Kier molecular flexibility index (Phi) is 5.26. The molecule has 5 heteroatoms. The summed E-state index contributed by atoms with van der Waals surface area (Å²) in [6.07, 6.45) is -1.08. The first-order chi connectivity index (χ1) is 10.2. The van der Waals surface area contributed by atoms with Gasteiger partial charge in [0.25, 0.3) is 6.43 Å². The van der Waals surface area contributed by atoms with Gasteiger partial charge in [-0.2, -0.15) is 0 Å². The summed E-state index contributed by atoms with van der Waals surface area (Å²) in [5.74, 6) is 0.770. The van der Waals surface area contributed by atoms with Crippen molar-refractivity contribution in [2.45, 2.75) is 13.0 Å². The summed E-state index contributed by atoms with van der Waals surface area (Å²) >= 11 is 0. The molecule has 110 valence electrons. The molecule has 21 heavy (non-hydrogen) atoms. The van der Waals surface area contributed by atoms with Crippen molar-refractivity contribution in [2.24, 2.45) is 5.16 Å². The molecule has 0 aromatic heterocycles. The number of oxime groups is 1. The van der Waals surface area contributed by atoms with Crippen molar-refractivity contribution in [1.29, 1.82) is 0 Å². The van der Waals surface area contributed by atoms with Crippen molar-refractivity contribution >= 4 is 6.21 Å². The van der Waals surface area contributed by atoms with Crippen molar-refractivity contribution in [3.8, 4) is 5.75 Å². The lowest BCUT2D eigenvalue weighted by Crippen LogP contribution is -1.90.